The molecule has 1 aromatic carbocycles. The van der Waals surface area contributed by atoms with E-state index < -0.39 is 45.2 Å². The zero-order chi connectivity index (χ0) is 15.8. The van der Waals surface area contributed by atoms with E-state index in [2.05, 4.69) is 4.37 Å². The van der Waals surface area contributed by atoms with Crippen molar-refractivity contribution in [1.82, 2.24) is 8.94 Å². The summed E-state index contributed by atoms with van der Waals surface area (Å²) >= 11 is 0.783. The lowest BCUT2D eigenvalue weighted by Gasteiger charge is -2.13. The van der Waals surface area contributed by atoms with E-state index in [9.17, 15) is 27.2 Å². The van der Waals surface area contributed by atoms with E-state index in [0.29, 0.717) is 12.8 Å². The fourth-order valence-corrected chi connectivity index (χ4v) is 3.54. The number of aromatic nitrogens is 2. The van der Waals surface area contributed by atoms with E-state index in [1.165, 1.54) is 4.57 Å². The standard InChI is InChI=1S/C13H6F4N2O2S/c14-6-4-10(9(17)8(16)7(6)15)19(3-1-2-3)13-5(11(4)20)12(21)18-22-13/h3H,1-2H2,(H,18,21). The number of nitrogens with zero attached hydrogens (tertiary/aromatic N) is 1. The molecule has 0 radical (unpaired) electrons. The topological polar surface area (TPSA) is 54.9 Å². The van der Waals surface area contributed by atoms with Crippen LogP contribution in [0.25, 0.3) is 21.1 Å². The monoisotopic (exact) mass is 330 g/mol. The molecule has 1 saturated carbocycles. The molecule has 1 aliphatic rings. The van der Waals surface area contributed by atoms with Crippen molar-refractivity contribution in [1.29, 1.82) is 0 Å². The molecule has 0 unspecified atom stereocenters. The fourth-order valence-electron chi connectivity index (χ4n) is 2.62. The molecule has 1 fully saturated rings. The third-order valence-corrected chi connectivity index (χ3v) is 4.63. The van der Waals surface area contributed by atoms with Gasteiger partial charge in [-0.15, -0.1) is 0 Å². The highest BCUT2D eigenvalue weighted by atomic mass is 32.1. The van der Waals surface area contributed by atoms with Crippen LogP contribution in [-0.4, -0.2) is 8.94 Å². The minimum atomic E-state index is -2.06. The normalized spacial score (nSPS) is 15.1. The molecular formula is C13H6F4N2O2S. The molecule has 0 amide bonds. The summed E-state index contributed by atoms with van der Waals surface area (Å²) < 4.78 is 58.7. The van der Waals surface area contributed by atoms with Crippen LogP contribution in [0, 0.1) is 23.3 Å². The number of nitrogens with one attached hydrogen (secondary N) is 1. The van der Waals surface area contributed by atoms with E-state index in [-0.39, 0.29) is 16.3 Å². The SMILES string of the molecule is O=c1[nH]sc2c1c(=O)c1c(F)c(F)c(F)c(F)c1n2C1CC1. The van der Waals surface area contributed by atoms with E-state index in [0.717, 1.165) is 11.5 Å². The van der Waals surface area contributed by atoms with Crippen LogP contribution < -0.4 is 11.0 Å². The van der Waals surface area contributed by atoms with E-state index in [4.69, 9.17) is 0 Å². The van der Waals surface area contributed by atoms with Gasteiger partial charge in [-0.05, 0) is 24.4 Å². The molecule has 4 rings (SSSR count). The maximum Gasteiger partial charge on any atom is 0.271 e. The summed E-state index contributed by atoms with van der Waals surface area (Å²) in [5, 5.41) is -1.30. The number of aromatic amines is 1. The van der Waals surface area contributed by atoms with Crippen LogP contribution >= 0.6 is 11.5 Å². The van der Waals surface area contributed by atoms with Crippen molar-refractivity contribution in [3.8, 4) is 0 Å². The Morgan fingerprint density at radius 3 is 2.23 bits per heavy atom. The van der Waals surface area contributed by atoms with Crippen molar-refractivity contribution in [2.24, 2.45) is 0 Å². The molecular weight excluding hydrogens is 324 g/mol. The molecule has 1 N–H and O–H groups in total. The Morgan fingerprint density at radius 1 is 0.955 bits per heavy atom. The van der Waals surface area contributed by atoms with Gasteiger partial charge in [-0.1, -0.05) is 0 Å². The van der Waals surface area contributed by atoms with Crippen LogP contribution in [0.2, 0.25) is 0 Å². The highest BCUT2D eigenvalue weighted by molar-refractivity contribution is 7.12. The molecule has 3 aromatic rings. The van der Waals surface area contributed by atoms with Crippen molar-refractivity contribution in [2.45, 2.75) is 18.9 Å². The van der Waals surface area contributed by atoms with Crippen molar-refractivity contribution in [3.05, 3.63) is 43.8 Å². The van der Waals surface area contributed by atoms with Gasteiger partial charge >= 0.3 is 0 Å². The van der Waals surface area contributed by atoms with Crippen molar-refractivity contribution in [2.75, 3.05) is 0 Å². The molecule has 114 valence electrons. The molecule has 0 atom stereocenters. The van der Waals surface area contributed by atoms with Crippen LogP contribution in [0.15, 0.2) is 9.59 Å². The summed E-state index contributed by atoms with van der Waals surface area (Å²) in [5.74, 6) is -7.43. The maximum atomic E-state index is 14.2. The summed E-state index contributed by atoms with van der Waals surface area (Å²) in [6.45, 7) is 0. The van der Waals surface area contributed by atoms with Crippen LogP contribution in [0.5, 0.6) is 0 Å². The number of hydrogen-bond acceptors (Lipinski definition) is 3. The number of pyridine rings is 1. The molecule has 4 nitrogen and oxygen atoms in total. The molecule has 0 saturated heterocycles. The number of benzene rings is 1. The van der Waals surface area contributed by atoms with Gasteiger partial charge in [-0.3, -0.25) is 14.0 Å². The Bertz CT molecular complexity index is 1080. The van der Waals surface area contributed by atoms with Gasteiger partial charge in [-0.2, -0.15) is 0 Å². The first kappa shape index (κ1) is 13.5. The van der Waals surface area contributed by atoms with Crippen molar-refractivity contribution < 1.29 is 17.6 Å². The molecule has 2 aromatic heterocycles. The Labute approximate surface area is 122 Å². The summed E-state index contributed by atoms with van der Waals surface area (Å²) in [6, 6.07) is -0.282. The van der Waals surface area contributed by atoms with Crippen LogP contribution in [0.1, 0.15) is 18.9 Å². The van der Waals surface area contributed by atoms with Crippen LogP contribution in [-0.2, 0) is 0 Å². The van der Waals surface area contributed by atoms with Gasteiger partial charge in [0.25, 0.3) is 5.56 Å². The number of halogens is 4. The molecule has 9 heteroatoms. The Morgan fingerprint density at radius 2 is 1.59 bits per heavy atom. The quantitative estimate of drug-likeness (QED) is 0.424. The highest BCUT2D eigenvalue weighted by Crippen LogP contribution is 2.41. The third-order valence-electron chi connectivity index (χ3n) is 3.75. The predicted molar refractivity (Wildman–Crippen MR) is 72.3 cm³/mol. The number of H-pyrrole nitrogens is 1. The lowest BCUT2D eigenvalue weighted by molar-refractivity contribution is 0.415. The number of hydrogen-bond donors (Lipinski definition) is 1. The van der Waals surface area contributed by atoms with Gasteiger partial charge in [-0.25, -0.2) is 17.6 Å². The molecule has 22 heavy (non-hydrogen) atoms. The van der Waals surface area contributed by atoms with E-state index in [1.807, 2.05) is 0 Å². The molecule has 1 aliphatic carbocycles. The minimum absolute atomic E-state index is 0.106. The lowest BCUT2D eigenvalue weighted by Crippen LogP contribution is -2.18. The zero-order valence-electron chi connectivity index (χ0n) is 10.7. The highest BCUT2D eigenvalue weighted by Gasteiger charge is 2.33. The lowest BCUT2D eigenvalue weighted by atomic mass is 10.1. The smallest absolute Gasteiger partial charge is 0.271 e. The zero-order valence-corrected chi connectivity index (χ0v) is 11.5. The average molecular weight is 330 g/mol. The predicted octanol–water partition coefficient (Wildman–Crippen LogP) is 2.80. The number of fused-ring (bicyclic) bond motifs is 2. The second-order valence-corrected chi connectivity index (χ2v) is 5.92. The van der Waals surface area contributed by atoms with Gasteiger partial charge in [0.15, 0.2) is 23.3 Å². The van der Waals surface area contributed by atoms with E-state index >= 15 is 0 Å². The maximum absolute atomic E-state index is 14.2. The van der Waals surface area contributed by atoms with Gasteiger partial charge in [0.1, 0.15) is 10.2 Å². The van der Waals surface area contributed by atoms with E-state index in [1.54, 1.807) is 0 Å². The van der Waals surface area contributed by atoms with Gasteiger partial charge in [0.2, 0.25) is 5.43 Å². The van der Waals surface area contributed by atoms with Crippen LogP contribution in [0.4, 0.5) is 17.6 Å². The average Bonchev–Trinajstić information content (AvgIpc) is 3.25. The number of rotatable bonds is 1. The van der Waals surface area contributed by atoms with Crippen molar-refractivity contribution in [3.63, 3.8) is 0 Å². The van der Waals surface area contributed by atoms with Gasteiger partial charge in [0, 0.05) is 6.04 Å². The fraction of sp³-hybridized carbons (Fsp3) is 0.231. The Hall–Kier alpha value is -2.16. The van der Waals surface area contributed by atoms with Gasteiger partial charge < -0.3 is 4.57 Å². The summed E-state index contributed by atoms with van der Waals surface area (Å²) in [4.78, 5) is 24.1. The first-order chi connectivity index (χ1) is 10.4. The summed E-state index contributed by atoms with van der Waals surface area (Å²) in [7, 11) is 0. The molecule has 0 aliphatic heterocycles. The van der Waals surface area contributed by atoms with Crippen LogP contribution in [0.3, 0.4) is 0 Å². The first-order valence-electron chi connectivity index (χ1n) is 6.34. The molecule has 2 heterocycles. The first-order valence-corrected chi connectivity index (χ1v) is 7.16. The minimum Gasteiger partial charge on any atom is -0.325 e. The Kier molecular flexibility index (Phi) is 2.57. The third kappa shape index (κ3) is 1.51. The molecule has 0 bridgehead atoms. The summed E-state index contributed by atoms with van der Waals surface area (Å²) in [6.07, 6.45) is 1.22. The van der Waals surface area contributed by atoms with Crippen molar-refractivity contribution >= 4 is 32.7 Å². The molecule has 0 spiro atoms. The second-order valence-electron chi connectivity index (χ2n) is 5.12. The summed E-state index contributed by atoms with van der Waals surface area (Å²) in [5.41, 5.74) is -2.53. The Balaban J connectivity index is 2.43. The largest absolute Gasteiger partial charge is 0.325 e. The van der Waals surface area contributed by atoms with Gasteiger partial charge in [0.05, 0.1) is 10.9 Å². The second kappa shape index (κ2) is 4.19.